The first kappa shape index (κ1) is 23.5. The van der Waals surface area contributed by atoms with E-state index in [1.807, 2.05) is 39.0 Å². The molecule has 0 bridgehead atoms. The van der Waals surface area contributed by atoms with Gasteiger partial charge in [-0.3, -0.25) is 4.79 Å². The van der Waals surface area contributed by atoms with Crippen LogP contribution in [0.4, 0.5) is 0 Å². The Kier molecular flexibility index (Phi) is 6.32. The highest BCUT2D eigenvalue weighted by molar-refractivity contribution is 6.32. The minimum Gasteiger partial charge on any atom is -0.459 e. The molecule has 2 aromatic rings. The third kappa shape index (κ3) is 4.31. The van der Waals surface area contributed by atoms with Gasteiger partial charge in [0.15, 0.2) is 17.3 Å². The van der Waals surface area contributed by atoms with Crippen molar-refractivity contribution in [2.24, 2.45) is 0 Å². The Bertz CT molecular complexity index is 1250. The molecule has 182 valence electrons. The van der Waals surface area contributed by atoms with Gasteiger partial charge in [0.2, 0.25) is 6.79 Å². The molecular formula is C28H28ClNO5. The zero-order valence-corrected chi connectivity index (χ0v) is 20.8. The van der Waals surface area contributed by atoms with Crippen molar-refractivity contribution in [1.82, 2.24) is 5.32 Å². The summed E-state index contributed by atoms with van der Waals surface area (Å²) < 4.78 is 16.8. The highest BCUT2D eigenvalue weighted by Gasteiger charge is 2.43. The molecule has 6 nitrogen and oxygen atoms in total. The maximum Gasteiger partial charge on any atom is 0.337 e. The number of allylic oxidation sites excluding steroid dienone is 3. The van der Waals surface area contributed by atoms with E-state index < -0.39 is 11.9 Å². The fourth-order valence-electron chi connectivity index (χ4n) is 5.07. The summed E-state index contributed by atoms with van der Waals surface area (Å²) in [5, 5.41) is 3.79. The minimum atomic E-state index is -0.658. The lowest BCUT2D eigenvalue weighted by Gasteiger charge is -2.37. The number of nitrogens with one attached hydrogen (secondary N) is 1. The van der Waals surface area contributed by atoms with Gasteiger partial charge in [-0.1, -0.05) is 48.9 Å². The fraction of sp³-hybridized carbons (Fsp3) is 0.357. The highest BCUT2D eigenvalue weighted by atomic mass is 35.5. The molecule has 0 saturated heterocycles. The second-order valence-electron chi connectivity index (χ2n) is 9.28. The normalized spacial score (nSPS) is 22.0. The fourth-order valence-corrected chi connectivity index (χ4v) is 5.33. The number of Topliss-reactive ketones (excluding diaryl/α,β-unsaturated/α-hetero) is 1. The Labute approximate surface area is 209 Å². The number of ether oxygens (including phenoxy) is 3. The van der Waals surface area contributed by atoms with Crippen LogP contribution in [0, 0.1) is 0 Å². The molecule has 0 radical (unpaired) electrons. The van der Waals surface area contributed by atoms with E-state index in [-0.39, 0.29) is 24.6 Å². The van der Waals surface area contributed by atoms with Crippen molar-refractivity contribution in [1.29, 1.82) is 0 Å². The van der Waals surface area contributed by atoms with E-state index in [1.54, 1.807) is 12.1 Å². The second kappa shape index (κ2) is 9.42. The number of carbonyl (C=O) groups is 2. The summed E-state index contributed by atoms with van der Waals surface area (Å²) in [5.41, 5.74) is 4.21. The maximum atomic E-state index is 13.7. The average molecular weight is 494 g/mol. The first-order chi connectivity index (χ1) is 16.9. The van der Waals surface area contributed by atoms with E-state index in [9.17, 15) is 9.59 Å². The molecule has 0 saturated carbocycles. The number of esters is 1. The number of carbonyl (C=O) groups excluding carboxylic acids is 2. The molecule has 0 spiro atoms. The number of fused-ring (bicyclic) bond motifs is 1. The van der Waals surface area contributed by atoms with Gasteiger partial charge in [0, 0.05) is 40.4 Å². The van der Waals surface area contributed by atoms with Crippen LogP contribution < -0.4 is 14.8 Å². The summed E-state index contributed by atoms with van der Waals surface area (Å²) in [4.78, 5) is 27.1. The number of dihydropyridines is 1. The standard InChI is InChI=1S/C28H28ClNO5/c1-4-15(2)35-28(32)25-16(3)30-21-10-18(17-8-6-5-7-9-17)11-22(31)27(21)26(25)19-12-23-24(13-20(19)29)34-14-33-23/h5-9,12-13,15,18,26,30H,4,10-11,14H2,1-3H3/t15-,18-,26+/m0/s1. The highest BCUT2D eigenvalue weighted by Crippen LogP contribution is 2.49. The van der Waals surface area contributed by atoms with E-state index >= 15 is 0 Å². The summed E-state index contributed by atoms with van der Waals surface area (Å²) in [6.45, 7) is 5.76. The molecule has 0 aromatic heterocycles. The predicted molar refractivity (Wildman–Crippen MR) is 132 cm³/mol. The van der Waals surface area contributed by atoms with Crippen LogP contribution in [0.5, 0.6) is 11.5 Å². The van der Waals surface area contributed by atoms with E-state index in [2.05, 4.69) is 17.4 Å². The Hall–Kier alpha value is -3.25. The summed E-state index contributed by atoms with van der Waals surface area (Å²) in [6, 6.07) is 13.5. The van der Waals surface area contributed by atoms with Gasteiger partial charge in [0.1, 0.15) is 0 Å². The van der Waals surface area contributed by atoms with Gasteiger partial charge >= 0.3 is 5.97 Å². The Morgan fingerprint density at radius 1 is 1.17 bits per heavy atom. The van der Waals surface area contributed by atoms with E-state index in [0.29, 0.717) is 58.2 Å². The smallest absolute Gasteiger partial charge is 0.337 e. The van der Waals surface area contributed by atoms with Crippen molar-refractivity contribution in [3.8, 4) is 11.5 Å². The van der Waals surface area contributed by atoms with E-state index in [0.717, 1.165) is 11.3 Å². The topological polar surface area (TPSA) is 73.9 Å². The van der Waals surface area contributed by atoms with Gasteiger partial charge in [-0.15, -0.1) is 0 Å². The average Bonchev–Trinajstić information content (AvgIpc) is 3.30. The molecule has 2 aliphatic heterocycles. The van der Waals surface area contributed by atoms with E-state index in [4.69, 9.17) is 25.8 Å². The summed E-state index contributed by atoms with van der Waals surface area (Å²) in [6.07, 6.45) is 1.45. The van der Waals surface area contributed by atoms with Crippen LogP contribution in [-0.4, -0.2) is 24.6 Å². The van der Waals surface area contributed by atoms with Gasteiger partial charge in [0.05, 0.1) is 11.7 Å². The van der Waals surface area contributed by atoms with Crippen LogP contribution in [0.3, 0.4) is 0 Å². The Morgan fingerprint density at radius 3 is 2.60 bits per heavy atom. The Morgan fingerprint density at radius 2 is 1.89 bits per heavy atom. The molecule has 0 unspecified atom stereocenters. The van der Waals surface area contributed by atoms with Crippen LogP contribution in [0.25, 0.3) is 0 Å². The summed E-state index contributed by atoms with van der Waals surface area (Å²) in [5.74, 6) is 0.0341. The van der Waals surface area contributed by atoms with Crippen molar-refractivity contribution in [2.45, 2.75) is 58.0 Å². The number of halogens is 1. The number of ketones is 1. The lowest BCUT2D eigenvalue weighted by atomic mass is 9.71. The molecular weight excluding hydrogens is 466 g/mol. The number of rotatable bonds is 5. The largest absolute Gasteiger partial charge is 0.459 e. The van der Waals surface area contributed by atoms with Crippen molar-refractivity contribution < 1.29 is 23.8 Å². The van der Waals surface area contributed by atoms with Gasteiger partial charge in [0.25, 0.3) is 0 Å². The molecule has 35 heavy (non-hydrogen) atoms. The van der Waals surface area contributed by atoms with Gasteiger partial charge in [-0.05, 0) is 49.8 Å². The monoisotopic (exact) mass is 493 g/mol. The molecule has 2 heterocycles. The Balaban J connectivity index is 1.62. The third-order valence-corrected chi connectivity index (χ3v) is 7.33. The van der Waals surface area contributed by atoms with Gasteiger partial charge < -0.3 is 19.5 Å². The van der Waals surface area contributed by atoms with Crippen molar-refractivity contribution in [3.05, 3.63) is 81.2 Å². The van der Waals surface area contributed by atoms with Crippen LogP contribution >= 0.6 is 11.6 Å². The molecule has 0 fully saturated rings. The zero-order valence-electron chi connectivity index (χ0n) is 20.0. The lowest BCUT2D eigenvalue weighted by molar-refractivity contribution is -0.144. The quantitative estimate of drug-likeness (QED) is 0.533. The lowest BCUT2D eigenvalue weighted by Crippen LogP contribution is -2.36. The summed E-state index contributed by atoms with van der Waals surface area (Å²) in [7, 11) is 0. The molecule has 3 aliphatic rings. The molecule has 7 heteroatoms. The van der Waals surface area contributed by atoms with Gasteiger partial charge in [-0.2, -0.15) is 0 Å². The minimum absolute atomic E-state index is 0.00678. The number of hydrogen-bond acceptors (Lipinski definition) is 6. The van der Waals surface area contributed by atoms with Crippen molar-refractivity contribution in [2.75, 3.05) is 6.79 Å². The molecule has 2 aromatic carbocycles. The summed E-state index contributed by atoms with van der Waals surface area (Å²) >= 11 is 6.73. The molecule has 1 N–H and O–H groups in total. The first-order valence-electron chi connectivity index (χ1n) is 12.0. The van der Waals surface area contributed by atoms with Crippen molar-refractivity contribution >= 4 is 23.4 Å². The predicted octanol–water partition coefficient (Wildman–Crippen LogP) is 5.77. The van der Waals surface area contributed by atoms with Gasteiger partial charge in [-0.25, -0.2) is 4.79 Å². The molecule has 0 amide bonds. The van der Waals surface area contributed by atoms with Crippen molar-refractivity contribution in [3.63, 3.8) is 0 Å². The molecule has 5 rings (SSSR count). The number of hydrogen-bond donors (Lipinski definition) is 1. The van der Waals surface area contributed by atoms with Crippen LogP contribution in [0.15, 0.2) is 65.0 Å². The first-order valence-corrected chi connectivity index (χ1v) is 12.3. The number of benzene rings is 2. The third-order valence-electron chi connectivity index (χ3n) is 7.00. The van der Waals surface area contributed by atoms with Crippen LogP contribution in [-0.2, 0) is 14.3 Å². The second-order valence-corrected chi connectivity index (χ2v) is 9.69. The maximum absolute atomic E-state index is 13.7. The van der Waals surface area contributed by atoms with Crippen LogP contribution in [0.1, 0.15) is 63.0 Å². The van der Waals surface area contributed by atoms with E-state index in [1.165, 1.54) is 0 Å². The molecule has 3 atom stereocenters. The SMILES string of the molecule is CC[C@H](C)OC(=O)C1=C(C)NC2=C(C(=O)C[C@@H](c3ccccc3)C2)[C@@H]1c1cc2c(cc1Cl)OCO2. The molecule has 1 aliphatic carbocycles. The van der Waals surface area contributed by atoms with Crippen LogP contribution in [0.2, 0.25) is 5.02 Å². The zero-order chi connectivity index (χ0) is 24.7.